The topological polar surface area (TPSA) is 62.7 Å². The number of benzene rings is 2. The normalized spacial score (nSPS) is 13.2. The molecule has 0 N–H and O–H groups in total. The number of aldehydes is 1. The molecule has 28 heavy (non-hydrogen) atoms. The number of rotatable bonds is 5. The average Bonchev–Trinajstić information content (AvgIpc) is 2.75. The summed E-state index contributed by atoms with van der Waals surface area (Å²) in [7, 11) is 0. The fourth-order valence-electron chi connectivity index (χ4n) is 3.36. The van der Waals surface area contributed by atoms with Crippen LogP contribution < -0.4 is 14.5 Å². The Morgan fingerprint density at radius 2 is 1.79 bits per heavy atom. The van der Waals surface area contributed by atoms with E-state index in [1.807, 2.05) is 48.2 Å². The number of nitrogens with zero attached hydrogens (tertiary/aromatic N) is 3. The van der Waals surface area contributed by atoms with E-state index in [4.69, 9.17) is 4.74 Å². The van der Waals surface area contributed by atoms with E-state index >= 15 is 0 Å². The van der Waals surface area contributed by atoms with Gasteiger partial charge in [0.05, 0.1) is 29.1 Å². The van der Waals surface area contributed by atoms with E-state index in [2.05, 4.69) is 4.98 Å². The molecule has 2 aromatic carbocycles. The van der Waals surface area contributed by atoms with Crippen molar-refractivity contribution >= 4 is 29.4 Å². The highest BCUT2D eigenvalue weighted by molar-refractivity contribution is 6.13. The van der Waals surface area contributed by atoms with Crippen LogP contribution in [-0.4, -0.2) is 30.5 Å². The highest BCUT2D eigenvalue weighted by Gasteiger charge is 2.33. The van der Waals surface area contributed by atoms with Gasteiger partial charge in [0.25, 0.3) is 5.91 Å². The molecule has 6 heteroatoms. The van der Waals surface area contributed by atoms with Crippen molar-refractivity contribution < 1.29 is 14.3 Å². The zero-order chi connectivity index (χ0) is 19.5. The van der Waals surface area contributed by atoms with Crippen molar-refractivity contribution in [3.8, 4) is 5.75 Å². The highest BCUT2D eigenvalue weighted by atomic mass is 16.5. The summed E-state index contributed by atoms with van der Waals surface area (Å²) < 4.78 is 5.73. The molecule has 3 aromatic rings. The lowest BCUT2D eigenvalue weighted by molar-refractivity contribution is 0.0981. The number of carbonyl (C=O) groups excluding carboxylic acids is 2. The number of anilines is 3. The number of para-hydroxylation sites is 2. The van der Waals surface area contributed by atoms with Crippen LogP contribution in [-0.2, 0) is 0 Å². The number of fused-ring (bicyclic) bond motifs is 1. The molecule has 1 amide bonds. The lowest BCUT2D eigenvalue weighted by atomic mass is 10.1. The molecule has 1 aliphatic rings. The molecule has 2 heterocycles. The third kappa shape index (κ3) is 2.99. The van der Waals surface area contributed by atoms with E-state index in [0.29, 0.717) is 29.2 Å². The van der Waals surface area contributed by atoms with Gasteiger partial charge in [0, 0.05) is 6.20 Å². The van der Waals surface area contributed by atoms with Crippen LogP contribution in [0, 0.1) is 0 Å². The summed E-state index contributed by atoms with van der Waals surface area (Å²) in [6.45, 7) is 2.49. The van der Waals surface area contributed by atoms with E-state index in [1.165, 1.54) is 0 Å². The van der Waals surface area contributed by atoms with Crippen LogP contribution in [0.3, 0.4) is 0 Å². The van der Waals surface area contributed by atoms with E-state index in [-0.39, 0.29) is 12.6 Å². The monoisotopic (exact) mass is 373 g/mol. The van der Waals surface area contributed by atoms with Gasteiger partial charge in [-0.3, -0.25) is 14.5 Å². The minimum atomic E-state index is -0.146. The van der Waals surface area contributed by atoms with Gasteiger partial charge in [0.2, 0.25) is 0 Å². The van der Waals surface area contributed by atoms with Crippen LogP contribution in [0.1, 0.15) is 27.6 Å². The molecule has 0 unspecified atom stereocenters. The van der Waals surface area contributed by atoms with Crippen molar-refractivity contribution in [3.05, 3.63) is 78.0 Å². The summed E-state index contributed by atoms with van der Waals surface area (Å²) in [6.07, 6.45) is 2.46. The predicted octanol–water partition coefficient (Wildman–Crippen LogP) is 4.05. The maximum Gasteiger partial charge on any atom is 0.262 e. The Morgan fingerprint density at radius 1 is 1.00 bits per heavy atom. The number of pyridine rings is 1. The first-order chi connectivity index (χ1) is 13.7. The lowest BCUT2D eigenvalue weighted by Crippen LogP contribution is -2.45. The first-order valence-electron chi connectivity index (χ1n) is 9.05. The first-order valence-corrected chi connectivity index (χ1v) is 9.05. The van der Waals surface area contributed by atoms with Crippen molar-refractivity contribution in [1.29, 1.82) is 0 Å². The standard InChI is InChI=1S/C22H19N3O3/c1-2-28-21-16(14-26)8-7-11-19(21)25-15-24(20-12-5-6-13-23-20)18-10-4-3-9-17(18)22(25)27/h3-14H,2,15H2,1H3. The Kier molecular flexibility index (Phi) is 4.76. The van der Waals surface area contributed by atoms with Crippen molar-refractivity contribution in [2.75, 3.05) is 23.1 Å². The van der Waals surface area contributed by atoms with Gasteiger partial charge >= 0.3 is 0 Å². The van der Waals surface area contributed by atoms with Crippen LogP contribution >= 0.6 is 0 Å². The molecule has 0 aliphatic carbocycles. The molecular formula is C22H19N3O3. The van der Waals surface area contributed by atoms with Crippen molar-refractivity contribution in [1.82, 2.24) is 4.98 Å². The quantitative estimate of drug-likeness (QED) is 0.632. The van der Waals surface area contributed by atoms with Crippen LogP contribution in [0.2, 0.25) is 0 Å². The number of amides is 1. The van der Waals surface area contributed by atoms with Gasteiger partial charge in [-0.15, -0.1) is 0 Å². The van der Waals surface area contributed by atoms with Crippen LogP contribution in [0.5, 0.6) is 5.75 Å². The van der Waals surface area contributed by atoms with Crippen LogP contribution in [0.15, 0.2) is 66.9 Å². The fraction of sp³-hybridized carbons (Fsp3) is 0.136. The first kappa shape index (κ1) is 17.7. The number of hydrogen-bond acceptors (Lipinski definition) is 5. The molecule has 1 aromatic heterocycles. The molecule has 140 valence electrons. The molecule has 1 aliphatic heterocycles. The van der Waals surface area contributed by atoms with Crippen molar-refractivity contribution in [2.45, 2.75) is 6.92 Å². The SMILES string of the molecule is CCOc1c(C=O)cccc1N1CN(c2ccccn2)c2ccccc2C1=O. The fourth-order valence-corrected chi connectivity index (χ4v) is 3.36. The molecule has 0 bridgehead atoms. The van der Waals surface area contributed by atoms with E-state index in [9.17, 15) is 9.59 Å². The second kappa shape index (κ2) is 7.52. The number of hydrogen-bond donors (Lipinski definition) is 0. The molecule has 0 radical (unpaired) electrons. The van der Waals surface area contributed by atoms with Gasteiger partial charge in [-0.25, -0.2) is 4.98 Å². The summed E-state index contributed by atoms with van der Waals surface area (Å²) in [4.78, 5) is 32.8. The van der Waals surface area contributed by atoms with E-state index in [0.717, 1.165) is 17.8 Å². The van der Waals surface area contributed by atoms with Crippen molar-refractivity contribution in [2.24, 2.45) is 0 Å². The zero-order valence-corrected chi connectivity index (χ0v) is 15.4. The maximum absolute atomic E-state index is 13.3. The van der Waals surface area contributed by atoms with E-state index in [1.54, 1.807) is 35.4 Å². The van der Waals surface area contributed by atoms with Crippen LogP contribution in [0.4, 0.5) is 17.2 Å². The zero-order valence-electron chi connectivity index (χ0n) is 15.4. The summed E-state index contributed by atoms with van der Waals surface area (Å²) in [5.41, 5.74) is 2.34. The van der Waals surface area contributed by atoms with Gasteiger partial charge in [-0.1, -0.05) is 24.3 Å². The third-order valence-electron chi connectivity index (χ3n) is 4.61. The second-order valence-corrected chi connectivity index (χ2v) is 6.25. The largest absolute Gasteiger partial charge is 0.491 e. The third-order valence-corrected chi connectivity index (χ3v) is 4.61. The average molecular weight is 373 g/mol. The molecule has 4 rings (SSSR count). The molecule has 0 saturated carbocycles. The molecule has 0 spiro atoms. The van der Waals surface area contributed by atoms with Crippen molar-refractivity contribution in [3.63, 3.8) is 0 Å². The Balaban J connectivity index is 1.86. The Hall–Kier alpha value is -3.67. The number of aromatic nitrogens is 1. The minimum absolute atomic E-state index is 0.146. The summed E-state index contributed by atoms with van der Waals surface area (Å²) in [5, 5.41) is 0. The highest BCUT2D eigenvalue weighted by Crippen LogP contribution is 2.38. The summed E-state index contributed by atoms with van der Waals surface area (Å²) >= 11 is 0. The molecule has 0 atom stereocenters. The van der Waals surface area contributed by atoms with Crippen LogP contribution in [0.25, 0.3) is 0 Å². The summed E-state index contributed by atoms with van der Waals surface area (Å²) in [5.74, 6) is 0.998. The lowest BCUT2D eigenvalue weighted by Gasteiger charge is -2.38. The Morgan fingerprint density at radius 3 is 2.54 bits per heavy atom. The smallest absolute Gasteiger partial charge is 0.262 e. The maximum atomic E-state index is 13.3. The second-order valence-electron chi connectivity index (χ2n) is 6.25. The van der Waals surface area contributed by atoms with Gasteiger partial charge < -0.3 is 9.64 Å². The molecule has 0 saturated heterocycles. The Labute approximate surface area is 163 Å². The molecule has 6 nitrogen and oxygen atoms in total. The number of ether oxygens (including phenoxy) is 1. The van der Waals surface area contributed by atoms with Gasteiger partial charge in [0.1, 0.15) is 12.5 Å². The number of carbonyl (C=O) groups is 2. The predicted molar refractivity (Wildman–Crippen MR) is 107 cm³/mol. The van der Waals surface area contributed by atoms with Gasteiger partial charge in [0.15, 0.2) is 12.0 Å². The van der Waals surface area contributed by atoms with Gasteiger partial charge in [-0.05, 0) is 43.3 Å². The molecular weight excluding hydrogens is 354 g/mol. The minimum Gasteiger partial charge on any atom is -0.491 e. The van der Waals surface area contributed by atoms with Gasteiger partial charge in [-0.2, -0.15) is 0 Å². The summed E-state index contributed by atoms with van der Waals surface area (Å²) in [6, 6.07) is 18.3. The van der Waals surface area contributed by atoms with E-state index < -0.39 is 0 Å². The Bertz CT molecular complexity index is 1020. The molecule has 0 fully saturated rings.